The molecule has 1 fully saturated rings. The molecule has 1 heterocycles. The zero-order valence-electron chi connectivity index (χ0n) is 19.3. The topological polar surface area (TPSA) is 101 Å². The number of Topliss-reactive ketones (excluding diaryl/α,β-unsaturated/α-hetero) is 1. The first kappa shape index (κ1) is 23.1. The summed E-state index contributed by atoms with van der Waals surface area (Å²) >= 11 is 0. The van der Waals surface area contributed by atoms with Crippen LogP contribution >= 0.6 is 0 Å². The lowest BCUT2D eigenvalue weighted by Gasteiger charge is -2.42. The largest absolute Gasteiger partial charge is 0.375 e. The molecule has 7 nitrogen and oxygen atoms in total. The van der Waals surface area contributed by atoms with Crippen molar-refractivity contribution in [1.29, 1.82) is 0 Å². The summed E-state index contributed by atoms with van der Waals surface area (Å²) in [4.78, 5) is 38.8. The molecule has 0 radical (unpaired) electrons. The van der Waals surface area contributed by atoms with Gasteiger partial charge in [-0.2, -0.15) is 0 Å². The van der Waals surface area contributed by atoms with Crippen molar-refractivity contribution in [2.75, 3.05) is 4.90 Å². The van der Waals surface area contributed by atoms with Gasteiger partial charge >= 0.3 is 0 Å². The lowest BCUT2D eigenvalue weighted by atomic mass is 9.62. The predicted molar refractivity (Wildman–Crippen MR) is 125 cm³/mol. The van der Waals surface area contributed by atoms with E-state index in [0.717, 1.165) is 12.8 Å². The summed E-state index contributed by atoms with van der Waals surface area (Å²) in [7, 11) is 0. The van der Waals surface area contributed by atoms with Crippen molar-refractivity contribution in [3.05, 3.63) is 69.8 Å². The quantitative estimate of drug-likeness (QED) is 0.506. The fourth-order valence-corrected chi connectivity index (χ4v) is 5.29. The average Bonchev–Trinajstić information content (AvgIpc) is 3.02. The second-order valence-electron chi connectivity index (χ2n) is 9.93. The number of nitrogens with zero attached hydrogens (tertiary/aromatic N) is 2. The second-order valence-corrected chi connectivity index (χ2v) is 9.93. The van der Waals surface area contributed by atoms with E-state index in [0.29, 0.717) is 29.7 Å². The van der Waals surface area contributed by atoms with E-state index in [1.165, 1.54) is 17.0 Å². The minimum Gasteiger partial charge on any atom is -0.375 e. The highest BCUT2D eigenvalue weighted by Gasteiger charge is 2.58. The van der Waals surface area contributed by atoms with Crippen LogP contribution in [0.4, 0.5) is 11.4 Å². The summed E-state index contributed by atoms with van der Waals surface area (Å²) in [5.41, 5.74) is -0.182. The van der Waals surface area contributed by atoms with Crippen molar-refractivity contribution in [3.63, 3.8) is 0 Å². The number of aliphatic hydroxyl groups is 1. The average molecular weight is 451 g/mol. The number of fused-ring (bicyclic) bond motifs is 1. The highest BCUT2D eigenvalue weighted by Crippen LogP contribution is 2.51. The molecule has 0 aromatic heterocycles. The van der Waals surface area contributed by atoms with Gasteiger partial charge in [0.05, 0.1) is 23.1 Å². The molecule has 2 aliphatic rings. The number of amides is 1. The fraction of sp³-hybridized carbons (Fsp3) is 0.462. The Balaban J connectivity index is 1.70. The van der Waals surface area contributed by atoms with Crippen molar-refractivity contribution >= 4 is 23.1 Å². The van der Waals surface area contributed by atoms with Crippen molar-refractivity contribution in [3.8, 4) is 0 Å². The first-order chi connectivity index (χ1) is 15.6. The molecule has 3 unspecified atom stereocenters. The van der Waals surface area contributed by atoms with Crippen LogP contribution in [0.2, 0.25) is 0 Å². The summed E-state index contributed by atoms with van der Waals surface area (Å²) in [6.45, 7) is 6.64. The van der Waals surface area contributed by atoms with Crippen LogP contribution in [0.3, 0.4) is 0 Å². The van der Waals surface area contributed by atoms with Crippen LogP contribution in [0.25, 0.3) is 0 Å². The number of carbonyl (C=O) groups is 2. The molecule has 2 aromatic rings. The Labute approximate surface area is 193 Å². The third-order valence-corrected chi connectivity index (χ3v) is 7.83. The Bertz CT molecular complexity index is 1090. The van der Waals surface area contributed by atoms with E-state index < -0.39 is 22.3 Å². The van der Waals surface area contributed by atoms with Crippen molar-refractivity contribution < 1.29 is 19.6 Å². The molecule has 1 aliphatic heterocycles. The van der Waals surface area contributed by atoms with Crippen LogP contribution in [0.1, 0.15) is 57.6 Å². The molecule has 0 bridgehead atoms. The number of hydrogen-bond donors (Lipinski definition) is 1. The van der Waals surface area contributed by atoms with E-state index in [1.807, 2.05) is 0 Å². The lowest BCUT2D eigenvalue weighted by Crippen LogP contribution is -2.51. The van der Waals surface area contributed by atoms with Crippen molar-refractivity contribution in [2.24, 2.45) is 17.3 Å². The van der Waals surface area contributed by atoms with E-state index in [4.69, 9.17) is 0 Å². The van der Waals surface area contributed by atoms with Crippen molar-refractivity contribution in [2.45, 2.75) is 58.6 Å². The molecular formula is C26H30N2O5. The molecule has 1 saturated carbocycles. The third-order valence-electron chi connectivity index (χ3n) is 7.83. The SMILES string of the molecule is CCC(C)(C)C1CCC(=O)C(C2(O)C(=O)N(Cc3ccc([N+](=O)[O-])cc3)c3ccccc32)C1. The number of benzene rings is 2. The first-order valence-electron chi connectivity index (χ1n) is 11.5. The Morgan fingerprint density at radius 1 is 1.15 bits per heavy atom. The Morgan fingerprint density at radius 2 is 1.82 bits per heavy atom. The molecule has 7 heteroatoms. The van der Waals surface area contributed by atoms with Gasteiger partial charge in [-0.25, -0.2) is 0 Å². The van der Waals surface area contributed by atoms with Crippen LogP contribution < -0.4 is 4.90 Å². The van der Waals surface area contributed by atoms with E-state index in [1.54, 1.807) is 36.4 Å². The highest BCUT2D eigenvalue weighted by molar-refractivity contribution is 6.09. The smallest absolute Gasteiger partial charge is 0.269 e. The fourth-order valence-electron chi connectivity index (χ4n) is 5.29. The molecular weight excluding hydrogens is 420 g/mol. The van der Waals surface area contributed by atoms with Crippen LogP contribution in [0.5, 0.6) is 0 Å². The number of anilines is 1. The maximum atomic E-state index is 13.7. The monoisotopic (exact) mass is 450 g/mol. The van der Waals surface area contributed by atoms with Gasteiger partial charge in [-0.1, -0.05) is 57.5 Å². The second kappa shape index (κ2) is 8.37. The normalized spacial score (nSPS) is 25.3. The molecule has 0 spiro atoms. The van der Waals surface area contributed by atoms with E-state index in [2.05, 4.69) is 20.8 Å². The van der Waals surface area contributed by atoms with Crippen LogP contribution in [0, 0.1) is 27.4 Å². The maximum Gasteiger partial charge on any atom is 0.269 e. The minimum atomic E-state index is -1.91. The molecule has 4 rings (SSSR count). The number of ketones is 1. The molecule has 1 N–H and O–H groups in total. The minimum absolute atomic E-state index is 0.00885. The maximum absolute atomic E-state index is 13.7. The predicted octanol–water partition coefficient (Wildman–Crippen LogP) is 4.75. The molecule has 1 aliphatic carbocycles. The van der Waals surface area contributed by atoms with Gasteiger partial charge in [-0.05, 0) is 35.8 Å². The van der Waals surface area contributed by atoms with Crippen LogP contribution in [-0.2, 0) is 21.7 Å². The number of rotatable bonds is 6. The molecule has 1 amide bonds. The standard InChI is InChI=1S/C26H30N2O5/c1-4-25(2,3)18-11-14-23(29)21(15-18)26(31)20-7-5-6-8-22(20)27(24(26)30)16-17-9-12-19(13-10-17)28(32)33/h5-10,12-13,18,21,31H,4,11,14-16H2,1-3H3. The summed E-state index contributed by atoms with van der Waals surface area (Å²) < 4.78 is 0. The van der Waals surface area contributed by atoms with Gasteiger partial charge in [0.25, 0.3) is 11.6 Å². The molecule has 174 valence electrons. The summed E-state index contributed by atoms with van der Waals surface area (Å²) in [5, 5.41) is 22.9. The highest BCUT2D eigenvalue weighted by atomic mass is 16.6. The lowest BCUT2D eigenvalue weighted by molar-refractivity contribution is -0.384. The van der Waals surface area contributed by atoms with E-state index in [-0.39, 0.29) is 29.3 Å². The van der Waals surface area contributed by atoms with Crippen LogP contribution in [-0.4, -0.2) is 21.7 Å². The Hall–Kier alpha value is -3.06. The van der Waals surface area contributed by atoms with Gasteiger partial charge in [0, 0.05) is 24.1 Å². The third kappa shape index (κ3) is 3.84. The molecule has 0 saturated heterocycles. The van der Waals surface area contributed by atoms with Gasteiger partial charge in [0.15, 0.2) is 5.60 Å². The number of carbonyl (C=O) groups excluding carboxylic acids is 2. The Morgan fingerprint density at radius 3 is 2.45 bits per heavy atom. The summed E-state index contributed by atoms with van der Waals surface area (Å²) in [6.07, 6.45) is 2.56. The molecule has 2 aromatic carbocycles. The summed E-state index contributed by atoms with van der Waals surface area (Å²) in [6, 6.07) is 13.1. The summed E-state index contributed by atoms with van der Waals surface area (Å²) in [5.74, 6) is -1.13. The van der Waals surface area contributed by atoms with E-state index >= 15 is 0 Å². The zero-order chi connectivity index (χ0) is 24.0. The first-order valence-corrected chi connectivity index (χ1v) is 11.5. The van der Waals surface area contributed by atoms with Gasteiger partial charge in [0.1, 0.15) is 5.78 Å². The molecule has 33 heavy (non-hydrogen) atoms. The van der Waals surface area contributed by atoms with Crippen molar-refractivity contribution in [1.82, 2.24) is 0 Å². The van der Waals surface area contributed by atoms with Gasteiger partial charge in [0.2, 0.25) is 0 Å². The van der Waals surface area contributed by atoms with Crippen LogP contribution in [0.15, 0.2) is 48.5 Å². The Kier molecular flexibility index (Phi) is 5.86. The zero-order valence-corrected chi connectivity index (χ0v) is 19.3. The van der Waals surface area contributed by atoms with Gasteiger partial charge in [-0.15, -0.1) is 0 Å². The number of nitro benzene ring substituents is 1. The number of para-hydroxylation sites is 1. The number of nitro groups is 1. The molecule has 3 atom stereocenters. The number of non-ortho nitro benzene ring substituents is 1. The number of hydrogen-bond acceptors (Lipinski definition) is 5. The van der Waals surface area contributed by atoms with Gasteiger partial charge < -0.3 is 10.0 Å². The van der Waals surface area contributed by atoms with Gasteiger partial charge in [-0.3, -0.25) is 19.7 Å². The van der Waals surface area contributed by atoms with E-state index in [9.17, 15) is 24.8 Å².